The number of rotatable bonds is 4. The van der Waals surface area contributed by atoms with Crippen molar-refractivity contribution in [3.63, 3.8) is 0 Å². The maximum atomic E-state index is 12.2. The lowest BCUT2D eigenvalue weighted by Gasteiger charge is -2.21. The summed E-state index contributed by atoms with van der Waals surface area (Å²) in [6.45, 7) is 7.28. The van der Waals surface area contributed by atoms with Crippen LogP contribution in [0.5, 0.6) is 0 Å². The Balaban J connectivity index is 1.93. The van der Waals surface area contributed by atoms with Crippen molar-refractivity contribution < 1.29 is 9.53 Å². The SMILES string of the molecule is CCOCC(=O)N1CCc2cn(CC)c3cccc(c23)C1. The van der Waals surface area contributed by atoms with Crippen LogP contribution in [0.1, 0.15) is 25.0 Å². The number of benzene rings is 1. The number of ether oxygens (including phenoxy) is 1. The highest BCUT2D eigenvalue weighted by atomic mass is 16.5. The average Bonchev–Trinajstić information content (AvgIpc) is 2.76. The van der Waals surface area contributed by atoms with Gasteiger partial charge >= 0.3 is 0 Å². The van der Waals surface area contributed by atoms with Gasteiger partial charge < -0.3 is 14.2 Å². The van der Waals surface area contributed by atoms with Crippen LogP contribution in [0.25, 0.3) is 10.9 Å². The Morgan fingerprint density at radius 2 is 2.14 bits per heavy atom. The minimum atomic E-state index is 0.0855. The minimum absolute atomic E-state index is 0.0855. The van der Waals surface area contributed by atoms with E-state index in [2.05, 4.69) is 35.9 Å². The monoisotopic (exact) mass is 286 g/mol. The van der Waals surface area contributed by atoms with Gasteiger partial charge in [0.05, 0.1) is 0 Å². The van der Waals surface area contributed by atoms with Gasteiger partial charge in [0.15, 0.2) is 0 Å². The summed E-state index contributed by atoms with van der Waals surface area (Å²) in [6.07, 6.45) is 3.16. The van der Waals surface area contributed by atoms with Gasteiger partial charge in [0.25, 0.3) is 0 Å². The molecule has 0 saturated carbocycles. The van der Waals surface area contributed by atoms with Gasteiger partial charge in [-0.15, -0.1) is 0 Å². The number of amides is 1. The molecule has 0 aliphatic carbocycles. The average molecular weight is 286 g/mol. The van der Waals surface area contributed by atoms with Crippen molar-refractivity contribution in [1.29, 1.82) is 0 Å². The molecule has 0 fully saturated rings. The number of carbonyl (C=O) groups is 1. The van der Waals surface area contributed by atoms with Crippen LogP contribution in [0.2, 0.25) is 0 Å². The second kappa shape index (κ2) is 5.90. The Bertz CT molecular complexity index is 660. The molecule has 112 valence electrons. The van der Waals surface area contributed by atoms with Crippen LogP contribution in [0.4, 0.5) is 0 Å². The zero-order valence-corrected chi connectivity index (χ0v) is 12.8. The first kappa shape index (κ1) is 14.1. The van der Waals surface area contributed by atoms with Crippen molar-refractivity contribution in [2.45, 2.75) is 33.4 Å². The molecule has 21 heavy (non-hydrogen) atoms. The molecule has 0 spiro atoms. The van der Waals surface area contributed by atoms with E-state index in [9.17, 15) is 4.79 Å². The van der Waals surface area contributed by atoms with Crippen molar-refractivity contribution >= 4 is 16.8 Å². The lowest BCUT2D eigenvalue weighted by Crippen LogP contribution is -2.34. The van der Waals surface area contributed by atoms with Crippen molar-refractivity contribution in [2.24, 2.45) is 0 Å². The number of aromatic nitrogens is 1. The smallest absolute Gasteiger partial charge is 0.248 e. The molecule has 1 aromatic carbocycles. The molecule has 0 N–H and O–H groups in total. The van der Waals surface area contributed by atoms with Gasteiger partial charge in [0, 0.05) is 43.3 Å². The summed E-state index contributed by atoms with van der Waals surface area (Å²) in [7, 11) is 0. The first-order valence-corrected chi connectivity index (χ1v) is 7.69. The maximum absolute atomic E-state index is 12.2. The van der Waals surface area contributed by atoms with Crippen LogP contribution in [0.3, 0.4) is 0 Å². The van der Waals surface area contributed by atoms with Crippen molar-refractivity contribution in [1.82, 2.24) is 9.47 Å². The van der Waals surface area contributed by atoms with E-state index in [4.69, 9.17) is 4.74 Å². The van der Waals surface area contributed by atoms with Crippen LogP contribution in [0.15, 0.2) is 24.4 Å². The Morgan fingerprint density at radius 3 is 2.90 bits per heavy atom. The molecule has 3 rings (SSSR count). The Morgan fingerprint density at radius 1 is 1.29 bits per heavy atom. The van der Waals surface area contributed by atoms with Gasteiger partial charge in [0.2, 0.25) is 5.91 Å². The largest absolute Gasteiger partial charge is 0.372 e. The fourth-order valence-electron chi connectivity index (χ4n) is 3.14. The van der Waals surface area contributed by atoms with Gasteiger partial charge in [-0.2, -0.15) is 0 Å². The molecule has 4 nitrogen and oxygen atoms in total. The van der Waals surface area contributed by atoms with Crippen molar-refractivity contribution in [2.75, 3.05) is 19.8 Å². The number of hydrogen-bond donors (Lipinski definition) is 0. The molecule has 0 radical (unpaired) electrons. The highest BCUT2D eigenvalue weighted by Crippen LogP contribution is 2.29. The molecular formula is C17H22N2O2. The Hall–Kier alpha value is -1.81. The second-order valence-electron chi connectivity index (χ2n) is 5.45. The molecule has 0 unspecified atom stereocenters. The number of aryl methyl sites for hydroxylation is 1. The molecule has 2 aromatic rings. The van der Waals surface area contributed by atoms with E-state index in [1.54, 1.807) is 0 Å². The molecule has 4 heteroatoms. The van der Waals surface area contributed by atoms with Crippen molar-refractivity contribution in [3.8, 4) is 0 Å². The second-order valence-corrected chi connectivity index (χ2v) is 5.45. The molecule has 1 aliphatic heterocycles. The first-order chi connectivity index (χ1) is 10.2. The summed E-state index contributed by atoms with van der Waals surface area (Å²) >= 11 is 0. The topological polar surface area (TPSA) is 34.5 Å². The molecule has 1 amide bonds. The van der Waals surface area contributed by atoms with E-state index >= 15 is 0 Å². The van der Waals surface area contributed by atoms with Gasteiger partial charge in [-0.3, -0.25) is 4.79 Å². The molecule has 1 aromatic heterocycles. The van der Waals surface area contributed by atoms with Gasteiger partial charge in [-0.1, -0.05) is 12.1 Å². The lowest BCUT2D eigenvalue weighted by atomic mass is 10.1. The quantitative estimate of drug-likeness (QED) is 0.866. The fourth-order valence-corrected chi connectivity index (χ4v) is 3.14. The van der Waals surface area contributed by atoms with E-state index < -0.39 is 0 Å². The van der Waals surface area contributed by atoms with Crippen LogP contribution in [0, 0.1) is 0 Å². The summed E-state index contributed by atoms with van der Waals surface area (Å²) in [6, 6.07) is 6.39. The first-order valence-electron chi connectivity index (χ1n) is 7.69. The lowest BCUT2D eigenvalue weighted by molar-refractivity contribution is -0.136. The molecule has 0 bridgehead atoms. The Kier molecular flexibility index (Phi) is 3.97. The predicted molar refractivity (Wildman–Crippen MR) is 83.2 cm³/mol. The fraction of sp³-hybridized carbons (Fsp3) is 0.471. The highest BCUT2D eigenvalue weighted by Gasteiger charge is 2.21. The zero-order chi connectivity index (χ0) is 14.8. The summed E-state index contributed by atoms with van der Waals surface area (Å²) in [5, 5.41) is 1.34. The Labute approximate surface area is 125 Å². The summed E-state index contributed by atoms with van der Waals surface area (Å²) in [5.41, 5.74) is 3.88. The number of nitrogens with zero attached hydrogens (tertiary/aromatic N) is 2. The van der Waals surface area contributed by atoms with E-state index in [0.717, 1.165) is 19.5 Å². The standard InChI is InChI=1S/C17H22N2O2/c1-3-18-10-14-8-9-19(16(20)12-21-4-2)11-13-6-5-7-15(18)17(13)14/h5-7,10H,3-4,8-9,11-12H2,1-2H3. The van der Waals surface area contributed by atoms with Crippen molar-refractivity contribution in [3.05, 3.63) is 35.5 Å². The number of hydrogen-bond acceptors (Lipinski definition) is 2. The van der Waals surface area contributed by atoms with Crippen LogP contribution in [-0.4, -0.2) is 35.1 Å². The van der Waals surface area contributed by atoms with Crippen LogP contribution in [-0.2, 0) is 29.0 Å². The van der Waals surface area contributed by atoms with Crippen LogP contribution >= 0.6 is 0 Å². The predicted octanol–water partition coefficient (Wildman–Crippen LogP) is 2.58. The van der Waals surface area contributed by atoms with Gasteiger partial charge in [0.1, 0.15) is 6.61 Å². The molecular weight excluding hydrogens is 264 g/mol. The van der Waals surface area contributed by atoms with E-state index in [0.29, 0.717) is 13.2 Å². The third-order valence-electron chi connectivity index (χ3n) is 4.21. The third-order valence-corrected chi connectivity index (χ3v) is 4.21. The summed E-state index contributed by atoms with van der Waals surface area (Å²) < 4.78 is 7.56. The summed E-state index contributed by atoms with van der Waals surface area (Å²) in [4.78, 5) is 14.1. The summed E-state index contributed by atoms with van der Waals surface area (Å²) in [5.74, 6) is 0.0855. The molecule has 2 heterocycles. The minimum Gasteiger partial charge on any atom is -0.372 e. The zero-order valence-electron chi connectivity index (χ0n) is 12.8. The molecule has 0 saturated heterocycles. The third kappa shape index (κ3) is 2.56. The van der Waals surface area contributed by atoms with Gasteiger partial charge in [-0.25, -0.2) is 0 Å². The maximum Gasteiger partial charge on any atom is 0.248 e. The molecule has 0 atom stereocenters. The highest BCUT2D eigenvalue weighted by molar-refractivity contribution is 5.88. The van der Waals surface area contributed by atoms with E-state index in [1.165, 1.54) is 22.0 Å². The normalized spacial score (nSPS) is 14.5. The van der Waals surface area contributed by atoms with Gasteiger partial charge in [-0.05, 0) is 37.5 Å². The van der Waals surface area contributed by atoms with E-state index in [1.807, 2.05) is 11.8 Å². The van der Waals surface area contributed by atoms with Crippen LogP contribution < -0.4 is 0 Å². The molecule has 1 aliphatic rings. The number of carbonyl (C=O) groups excluding carboxylic acids is 1. The van der Waals surface area contributed by atoms with E-state index in [-0.39, 0.29) is 12.5 Å².